The minimum absolute atomic E-state index is 0.237. The molecule has 1 saturated carbocycles. The van der Waals surface area contributed by atoms with Gasteiger partial charge in [-0.25, -0.2) is 9.59 Å². The van der Waals surface area contributed by atoms with Crippen molar-refractivity contribution in [3.05, 3.63) is 178 Å². The first-order chi connectivity index (χ1) is 34.1. The fourth-order valence-electron chi connectivity index (χ4n) is 10.2. The van der Waals surface area contributed by atoms with Crippen LogP contribution in [0.2, 0.25) is 0 Å². The van der Waals surface area contributed by atoms with Gasteiger partial charge in [-0.05, 0) is 196 Å². The highest BCUT2D eigenvalue weighted by atomic mass is 16.5. The van der Waals surface area contributed by atoms with E-state index in [1.165, 1.54) is 14.2 Å². The predicted octanol–water partition coefficient (Wildman–Crippen LogP) is 11.3. The van der Waals surface area contributed by atoms with E-state index in [9.17, 15) is 28.8 Å². The van der Waals surface area contributed by atoms with Gasteiger partial charge in [0.15, 0.2) is 0 Å². The van der Waals surface area contributed by atoms with Gasteiger partial charge < -0.3 is 18.9 Å². The Morgan fingerprint density at radius 2 is 0.686 bits per heavy atom. The average molecular weight is 939 g/mol. The number of anilines is 4. The van der Waals surface area contributed by atoms with E-state index in [-0.39, 0.29) is 23.8 Å². The first-order valence-corrected chi connectivity index (χ1v) is 24.0. The summed E-state index contributed by atoms with van der Waals surface area (Å²) in [6.07, 6.45) is 8.18. The Bertz CT molecular complexity index is 2720. The number of fused-ring (bicyclic) bond motifs is 2. The third-order valence-corrected chi connectivity index (χ3v) is 13.8. The number of amides is 2. The molecule has 0 heterocycles. The molecule has 0 aliphatic heterocycles. The molecular weight excluding hydrogens is 885 g/mol. The highest BCUT2D eigenvalue weighted by molar-refractivity contribution is 6.13. The van der Waals surface area contributed by atoms with Crippen molar-refractivity contribution < 1.29 is 47.7 Å². The minimum atomic E-state index is -0.415. The van der Waals surface area contributed by atoms with Gasteiger partial charge in [0.05, 0.1) is 37.2 Å². The SMILES string of the molecule is COC(=O)c1ccc(C(=O)N(c2ccccc2)c2ccc(OC(=O)[C@H]3CC[C@H](C(=O)Oc4ccc(N(C(=O)c5ccc(C(=O)OC)c6c5CCCC6)c5ccccc5)cc4)CC3)cc2)c2c1CCCC2. The number of carbonyl (C=O) groups is 6. The standard InChI is InChI=1S/C58H54N2O10/c1-67-57(65)51-35-33-49(45-17-9-11-19-47(45)51)53(61)59(39-13-5-3-6-14-39)41-25-29-43(30-26-41)69-55(63)37-21-23-38(24-22-37)56(64)70-44-31-27-42(28-32-44)60(40-15-7-4-8-16-40)54(62)50-34-36-52(58(66)68-2)48-20-12-10-18-46(48)50/h3-8,13-16,25-38H,9-12,17-24H2,1-2H3/t37-,38-. The van der Waals surface area contributed by atoms with Gasteiger partial charge in [-0.3, -0.25) is 29.0 Å². The minimum Gasteiger partial charge on any atom is -0.465 e. The molecule has 2 amide bonds. The lowest BCUT2D eigenvalue weighted by atomic mass is 9.82. The van der Waals surface area contributed by atoms with Gasteiger partial charge in [-0.1, -0.05) is 36.4 Å². The lowest BCUT2D eigenvalue weighted by molar-refractivity contribution is -0.145. The molecule has 0 N–H and O–H groups in total. The van der Waals surface area contributed by atoms with Crippen LogP contribution in [0.15, 0.2) is 133 Å². The molecule has 0 saturated heterocycles. The summed E-state index contributed by atoms with van der Waals surface area (Å²) < 4.78 is 21.8. The number of nitrogens with zero attached hydrogens (tertiary/aromatic N) is 2. The molecule has 0 unspecified atom stereocenters. The van der Waals surface area contributed by atoms with Gasteiger partial charge in [0.25, 0.3) is 11.8 Å². The Balaban J connectivity index is 0.832. The van der Waals surface area contributed by atoms with Gasteiger partial charge in [0, 0.05) is 33.9 Å². The summed E-state index contributed by atoms with van der Waals surface area (Å²) in [5.41, 5.74) is 7.96. The van der Waals surface area contributed by atoms with Gasteiger partial charge in [-0.15, -0.1) is 0 Å². The van der Waals surface area contributed by atoms with Crippen molar-refractivity contribution >= 4 is 58.4 Å². The molecule has 70 heavy (non-hydrogen) atoms. The summed E-state index contributed by atoms with van der Waals surface area (Å²) in [5, 5.41) is 0. The number of benzene rings is 6. The lowest BCUT2D eigenvalue weighted by Gasteiger charge is -2.27. The van der Waals surface area contributed by atoms with Crippen LogP contribution < -0.4 is 19.3 Å². The number of hydrogen-bond acceptors (Lipinski definition) is 10. The molecule has 9 rings (SSSR count). The summed E-state index contributed by atoms with van der Waals surface area (Å²) in [4.78, 5) is 84.4. The Morgan fingerprint density at radius 3 is 1.01 bits per heavy atom. The molecule has 0 radical (unpaired) electrons. The van der Waals surface area contributed by atoms with Crippen LogP contribution in [-0.2, 0) is 44.7 Å². The highest BCUT2D eigenvalue weighted by Crippen LogP contribution is 2.37. The Kier molecular flexibility index (Phi) is 14.3. The normalized spacial score (nSPS) is 16.1. The van der Waals surface area contributed by atoms with E-state index in [4.69, 9.17) is 18.9 Å². The molecule has 12 nitrogen and oxygen atoms in total. The summed E-state index contributed by atoms with van der Waals surface area (Å²) in [6, 6.07) is 39.1. The first kappa shape index (κ1) is 47.2. The number of rotatable bonds is 12. The molecule has 6 aromatic rings. The second kappa shape index (κ2) is 21.2. The number of hydrogen-bond donors (Lipinski definition) is 0. The van der Waals surface area contributed by atoms with Crippen molar-refractivity contribution in [2.45, 2.75) is 77.0 Å². The molecule has 3 aliphatic carbocycles. The number of esters is 4. The van der Waals surface area contributed by atoms with E-state index in [1.807, 2.05) is 60.7 Å². The maximum absolute atomic E-state index is 14.5. The van der Waals surface area contributed by atoms with Crippen molar-refractivity contribution in [1.29, 1.82) is 0 Å². The van der Waals surface area contributed by atoms with Gasteiger partial charge in [0.1, 0.15) is 11.5 Å². The van der Waals surface area contributed by atoms with Crippen LogP contribution >= 0.6 is 0 Å². The molecular formula is C58H54N2O10. The second-order valence-corrected chi connectivity index (χ2v) is 18.0. The zero-order valence-corrected chi connectivity index (χ0v) is 39.3. The van der Waals surface area contributed by atoms with Crippen LogP contribution in [-0.4, -0.2) is 49.9 Å². The zero-order chi connectivity index (χ0) is 48.7. The molecule has 6 aromatic carbocycles. The van der Waals surface area contributed by atoms with Crippen molar-refractivity contribution in [2.24, 2.45) is 11.8 Å². The van der Waals surface area contributed by atoms with E-state index >= 15 is 0 Å². The Morgan fingerprint density at radius 1 is 0.386 bits per heavy atom. The second-order valence-electron chi connectivity index (χ2n) is 18.0. The van der Waals surface area contributed by atoms with E-state index in [1.54, 1.807) is 82.6 Å². The molecule has 356 valence electrons. The quantitative estimate of drug-likeness (QED) is 0.0858. The van der Waals surface area contributed by atoms with Crippen LogP contribution in [0.3, 0.4) is 0 Å². The summed E-state index contributed by atoms with van der Waals surface area (Å²) in [5.74, 6) is -2.23. The lowest BCUT2D eigenvalue weighted by Crippen LogP contribution is -2.30. The maximum Gasteiger partial charge on any atom is 0.338 e. The third-order valence-electron chi connectivity index (χ3n) is 13.8. The van der Waals surface area contributed by atoms with Gasteiger partial charge in [0.2, 0.25) is 0 Å². The van der Waals surface area contributed by atoms with Crippen LogP contribution in [0, 0.1) is 11.8 Å². The van der Waals surface area contributed by atoms with Gasteiger partial charge >= 0.3 is 23.9 Å². The largest absolute Gasteiger partial charge is 0.465 e. The molecule has 0 bridgehead atoms. The number of methoxy groups -OCH3 is 2. The van der Waals surface area contributed by atoms with Crippen LogP contribution in [0.25, 0.3) is 0 Å². The van der Waals surface area contributed by atoms with Crippen LogP contribution in [0.5, 0.6) is 11.5 Å². The van der Waals surface area contributed by atoms with E-state index in [0.29, 0.717) is 108 Å². The molecule has 0 aromatic heterocycles. The van der Waals surface area contributed by atoms with Crippen LogP contribution in [0.1, 0.15) is 115 Å². The van der Waals surface area contributed by atoms with Crippen molar-refractivity contribution in [2.75, 3.05) is 24.0 Å². The monoisotopic (exact) mass is 938 g/mol. The first-order valence-electron chi connectivity index (χ1n) is 24.0. The number of ether oxygens (including phenoxy) is 4. The fourth-order valence-corrected chi connectivity index (χ4v) is 10.2. The summed E-state index contributed by atoms with van der Waals surface area (Å²) in [6.45, 7) is 0. The molecule has 0 spiro atoms. The predicted molar refractivity (Wildman–Crippen MR) is 264 cm³/mol. The van der Waals surface area contributed by atoms with Crippen molar-refractivity contribution in [3.63, 3.8) is 0 Å². The number of carbonyl (C=O) groups excluding carboxylic acids is 6. The Hall–Kier alpha value is -7.86. The summed E-state index contributed by atoms with van der Waals surface area (Å²) >= 11 is 0. The average Bonchev–Trinajstić information content (AvgIpc) is 3.41. The van der Waals surface area contributed by atoms with E-state index in [0.717, 1.165) is 47.9 Å². The van der Waals surface area contributed by atoms with Crippen LogP contribution in [0.4, 0.5) is 22.7 Å². The smallest absolute Gasteiger partial charge is 0.338 e. The maximum atomic E-state index is 14.5. The molecule has 3 aliphatic rings. The topological polar surface area (TPSA) is 146 Å². The third kappa shape index (κ3) is 9.85. The fraction of sp³-hybridized carbons (Fsp3) is 0.276. The van der Waals surface area contributed by atoms with E-state index < -0.39 is 23.8 Å². The van der Waals surface area contributed by atoms with Gasteiger partial charge in [-0.2, -0.15) is 0 Å². The summed E-state index contributed by atoms with van der Waals surface area (Å²) in [7, 11) is 2.72. The number of para-hydroxylation sites is 2. The van der Waals surface area contributed by atoms with Crippen molar-refractivity contribution in [1.82, 2.24) is 0 Å². The molecule has 0 atom stereocenters. The zero-order valence-electron chi connectivity index (χ0n) is 39.3. The molecule has 12 heteroatoms. The highest BCUT2D eigenvalue weighted by Gasteiger charge is 2.34. The van der Waals surface area contributed by atoms with Crippen molar-refractivity contribution in [3.8, 4) is 11.5 Å². The Labute approximate surface area is 407 Å². The molecule has 1 fully saturated rings. The van der Waals surface area contributed by atoms with E-state index in [2.05, 4.69) is 0 Å².